The highest BCUT2D eigenvalue weighted by molar-refractivity contribution is 8.13. The first-order valence-electron chi connectivity index (χ1n) is 14.6. The molecule has 1 heterocycles. The number of anilines is 1. The van der Waals surface area contributed by atoms with Crippen LogP contribution in [0, 0.1) is 22.7 Å². The van der Waals surface area contributed by atoms with Gasteiger partial charge in [0.2, 0.25) is 17.3 Å². The van der Waals surface area contributed by atoms with Crippen molar-refractivity contribution in [1.29, 1.82) is 0 Å². The average molecular weight is 634 g/mol. The van der Waals surface area contributed by atoms with Gasteiger partial charge in [0.15, 0.2) is 11.5 Å². The Morgan fingerprint density at radius 2 is 1.89 bits per heavy atom. The molecular formula is C31H39NO11S. The number of carbonyl (C=O) groups is 3. The lowest BCUT2D eigenvalue weighted by Gasteiger charge is -2.61. The standard InChI is InChI=1S/C31H39NO11S/c1-14-12-31-9-6-20(34)30(2,19(31)10-15(14)11-21(31)35)8-7-22(36)32-23-17(5-4-16(24(23)37)28(41)44-3)42-29-27(40)26(39)25(38)18(13-33)43-29/h4-6,9,15,18-19,21,25-27,29,33,35,37-40H,1,7-8,10-13H2,2-3H3,(H,32,36)/t15-,18-,19+,21-,25-,26+,27-,29-,30+,31+/m1/s1. The number of nitrogens with one attached hydrogen (secondary N) is 1. The van der Waals surface area contributed by atoms with Gasteiger partial charge in [-0.15, -0.1) is 0 Å². The molecule has 0 radical (unpaired) electrons. The molecule has 240 valence electrons. The van der Waals surface area contributed by atoms with Crippen molar-refractivity contribution >= 4 is 34.3 Å². The van der Waals surface area contributed by atoms with E-state index in [0.717, 1.165) is 17.3 Å². The number of ketones is 1. The number of aliphatic hydroxyl groups excluding tert-OH is 5. The van der Waals surface area contributed by atoms with Gasteiger partial charge in [-0.1, -0.05) is 36.9 Å². The number of allylic oxidation sites excluding steroid dienone is 2. The fourth-order valence-corrected chi connectivity index (χ4v) is 7.78. The van der Waals surface area contributed by atoms with Gasteiger partial charge in [0.25, 0.3) is 0 Å². The Morgan fingerprint density at radius 3 is 2.57 bits per heavy atom. The summed E-state index contributed by atoms with van der Waals surface area (Å²) in [6.45, 7) is 5.32. The maximum atomic E-state index is 13.4. The van der Waals surface area contributed by atoms with Crippen molar-refractivity contribution in [3.63, 3.8) is 0 Å². The van der Waals surface area contributed by atoms with Crippen molar-refractivity contribution in [2.75, 3.05) is 18.2 Å². The number of hydrogen-bond donors (Lipinski definition) is 7. The number of ether oxygens (including phenoxy) is 2. The lowest BCUT2D eigenvalue weighted by Crippen LogP contribution is -2.60. The van der Waals surface area contributed by atoms with Crippen molar-refractivity contribution in [2.45, 2.75) is 75.8 Å². The SMILES string of the molecule is C=C1C[C@@]23C=CC(=O)[C@@](C)(CCC(=O)Nc4c(O[C@@H]5O[C@H](CO)[C@@H](O)[C@H](O)[C@H]5O)ccc(C(=O)SC)c4O)[C@@H]2C[C@@H]1C[C@H]3O. The van der Waals surface area contributed by atoms with Gasteiger partial charge in [-0.3, -0.25) is 14.4 Å². The predicted octanol–water partition coefficient (Wildman–Crippen LogP) is 1.27. The molecule has 2 bridgehead atoms. The van der Waals surface area contributed by atoms with E-state index < -0.39 is 71.0 Å². The summed E-state index contributed by atoms with van der Waals surface area (Å²) in [5.74, 6) is -1.65. The molecule has 44 heavy (non-hydrogen) atoms. The van der Waals surface area contributed by atoms with Crippen LogP contribution in [0.15, 0.2) is 36.4 Å². The smallest absolute Gasteiger partial charge is 0.229 e. The first-order valence-corrected chi connectivity index (χ1v) is 15.8. The van der Waals surface area contributed by atoms with Crippen LogP contribution < -0.4 is 10.1 Å². The molecule has 5 aliphatic rings. The molecule has 0 unspecified atom stereocenters. The summed E-state index contributed by atoms with van der Waals surface area (Å²) < 4.78 is 11.1. The van der Waals surface area contributed by atoms with E-state index in [1.807, 2.05) is 13.0 Å². The molecule has 1 saturated heterocycles. The highest BCUT2D eigenvalue weighted by atomic mass is 32.2. The second-order valence-electron chi connectivity index (χ2n) is 12.5. The molecule has 1 aromatic rings. The van der Waals surface area contributed by atoms with Crippen LogP contribution in [0.1, 0.15) is 49.4 Å². The third kappa shape index (κ3) is 5.38. The topological polar surface area (TPSA) is 203 Å². The van der Waals surface area contributed by atoms with Gasteiger partial charge in [0.05, 0.1) is 18.3 Å². The zero-order chi connectivity index (χ0) is 32.1. The van der Waals surface area contributed by atoms with Crippen LogP contribution in [0.2, 0.25) is 0 Å². The Labute approximate surface area is 258 Å². The van der Waals surface area contributed by atoms with Gasteiger partial charge in [0.1, 0.15) is 35.9 Å². The van der Waals surface area contributed by atoms with Crippen molar-refractivity contribution < 1.29 is 54.5 Å². The van der Waals surface area contributed by atoms with Crippen LogP contribution in [0.4, 0.5) is 5.69 Å². The lowest BCUT2D eigenvalue weighted by molar-refractivity contribution is -0.277. The molecule has 4 aliphatic carbocycles. The molecule has 6 rings (SSSR count). The maximum Gasteiger partial charge on any atom is 0.229 e. The van der Waals surface area contributed by atoms with Gasteiger partial charge >= 0.3 is 0 Å². The molecule has 0 aromatic heterocycles. The van der Waals surface area contributed by atoms with Gasteiger partial charge in [-0.05, 0) is 62.0 Å². The number of aromatic hydroxyl groups is 1. The second-order valence-corrected chi connectivity index (χ2v) is 13.3. The van der Waals surface area contributed by atoms with Crippen molar-refractivity contribution in [2.24, 2.45) is 22.7 Å². The highest BCUT2D eigenvalue weighted by Crippen LogP contribution is 2.64. The summed E-state index contributed by atoms with van der Waals surface area (Å²) in [4.78, 5) is 39.2. The van der Waals surface area contributed by atoms with Crippen molar-refractivity contribution in [3.05, 3.63) is 42.0 Å². The fourth-order valence-electron chi connectivity index (χ4n) is 7.39. The molecule has 1 amide bonds. The number of aliphatic hydroxyl groups is 5. The average Bonchev–Trinajstić information content (AvgIpc) is 3.00. The molecule has 1 aliphatic heterocycles. The molecule has 10 atom stereocenters. The largest absolute Gasteiger partial charge is 0.505 e. The van der Waals surface area contributed by atoms with E-state index in [-0.39, 0.29) is 47.5 Å². The van der Waals surface area contributed by atoms with Crippen LogP contribution in [-0.2, 0) is 14.3 Å². The van der Waals surface area contributed by atoms with Gasteiger partial charge in [-0.25, -0.2) is 0 Å². The van der Waals surface area contributed by atoms with Gasteiger partial charge in [0, 0.05) is 17.3 Å². The summed E-state index contributed by atoms with van der Waals surface area (Å²) in [6.07, 6.45) is -1.92. The Balaban J connectivity index is 1.38. The van der Waals surface area contributed by atoms with Crippen LogP contribution in [-0.4, -0.2) is 97.1 Å². The number of hydrogen-bond acceptors (Lipinski definition) is 12. The molecule has 1 spiro atoms. The summed E-state index contributed by atoms with van der Waals surface area (Å²) >= 11 is 0.834. The van der Waals surface area contributed by atoms with E-state index in [4.69, 9.17) is 9.47 Å². The number of phenolic OH excluding ortho intramolecular Hbond substituents is 1. The van der Waals surface area contributed by atoms with E-state index >= 15 is 0 Å². The Hall–Kier alpha value is -2.78. The van der Waals surface area contributed by atoms with Gasteiger partial charge < -0.3 is 45.4 Å². The molecule has 7 N–H and O–H groups in total. The number of carbonyl (C=O) groups excluding carboxylic acids is 3. The fraction of sp³-hybridized carbons (Fsp3) is 0.581. The molecule has 12 nitrogen and oxygen atoms in total. The molecule has 1 aromatic carbocycles. The predicted molar refractivity (Wildman–Crippen MR) is 159 cm³/mol. The minimum atomic E-state index is -1.76. The summed E-state index contributed by atoms with van der Waals surface area (Å²) in [5, 5.41) is 64.4. The van der Waals surface area contributed by atoms with Crippen molar-refractivity contribution in [1.82, 2.24) is 0 Å². The number of benzene rings is 1. The normalized spacial score (nSPS) is 37.9. The van der Waals surface area contributed by atoms with Crippen LogP contribution >= 0.6 is 11.8 Å². The Morgan fingerprint density at radius 1 is 1.16 bits per heavy atom. The third-order valence-corrected chi connectivity index (χ3v) is 10.6. The van der Waals surface area contributed by atoms with E-state index in [1.54, 1.807) is 0 Å². The lowest BCUT2D eigenvalue weighted by atomic mass is 9.43. The summed E-state index contributed by atoms with van der Waals surface area (Å²) in [5.41, 5.74) is -0.925. The monoisotopic (exact) mass is 633 g/mol. The zero-order valence-electron chi connectivity index (χ0n) is 24.5. The Bertz CT molecular complexity index is 1380. The highest BCUT2D eigenvalue weighted by Gasteiger charge is 2.61. The minimum absolute atomic E-state index is 0.0973. The maximum absolute atomic E-state index is 13.4. The van der Waals surface area contributed by atoms with Crippen LogP contribution in [0.25, 0.3) is 0 Å². The van der Waals surface area contributed by atoms with E-state index in [0.29, 0.717) is 19.3 Å². The third-order valence-electron chi connectivity index (χ3n) is 10.1. The molecule has 3 saturated carbocycles. The number of amides is 1. The number of phenols is 1. The number of thioether (sulfide) groups is 1. The first-order chi connectivity index (χ1) is 20.8. The molecule has 4 fully saturated rings. The molecule has 13 heteroatoms. The van der Waals surface area contributed by atoms with Crippen LogP contribution in [0.3, 0.4) is 0 Å². The van der Waals surface area contributed by atoms with E-state index in [2.05, 4.69) is 11.9 Å². The number of rotatable bonds is 8. The summed E-state index contributed by atoms with van der Waals surface area (Å²) in [7, 11) is 0. The summed E-state index contributed by atoms with van der Waals surface area (Å²) in [6, 6.07) is 2.53. The van der Waals surface area contributed by atoms with E-state index in [1.165, 1.54) is 24.5 Å². The first kappa shape index (κ1) is 32.6. The number of fused-ring (bicyclic) bond motifs is 2. The zero-order valence-corrected chi connectivity index (χ0v) is 25.3. The molecular weight excluding hydrogens is 594 g/mol. The van der Waals surface area contributed by atoms with Crippen molar-refractivity contribution in [3.8, 4) is 11.5 Å². The second kappa shape index (κ2) is 12.2. The van der Waals surface area contributed by atoms with Gasteiger partial charge in [-0.2, -0.15) is 0 Å². The van der Waals surface area contributed by atoms with Crippen LogP contribution in [0.5, 0.6) is 11.5 Å². The van der Waals surface area contributed by atoms with E-state index in [9.17, 15) is 45.0 Å². The minimum Gasteiger partial charge on any atom is -0.505 e. The Kier molecular flexibility index (Phi) is 9.04. The quantitative estimate of drug-likeness (QED) is 0.160.